The number of thiophene rings is 1. The number of fused-ring (bicyclic) bond motifs is 1. The number of carbonyl (C=O) groups is 2. The Morgan fingerprint density at radius 1 is 0.949 bits per heavy atom. The van der Waals surface area contributed by atoms with Crippen molar-refractivity contribution in [2.75, 3.05) is 19.6 Å². The van der Waals surface area contributed by atoms with Gasteiger partial charge in [-0.25, -0.2) is 0 Å². The summed E-state index contributed by atoms with van der Waals surface area (Å²) in [6.45, 7) is 3.18. The number of nitrogens with zero attached hydrogens (tertiary/aromatic N) is 2. The molecular formula is C32H30Cl2N2O2S. The van der Waals surface area contributed by atoms with Gasteiger partial charge in [-0.1, -0.05) is 85.1 Å². The molecule has 0 aliphatic carbocycles. The zero-order chi connectivity index (χ0) is 27.4. The second kappa shape index (κ2) is 12.4. The van der Waals surface area contributed by atoms with E-state index in [0.29, 0.717) is 28.7 Å². The van der Waals surface area contributed by atoms with Crippen molar-refractivity contribution < 1.29 is 9.59 Å². The van der Waals surface area contributed by atoms with E-state index < -0.39 is 0 Å². The first-order valence-corrected chi connectivity index (χ1v) is 14.8. The highest BCUT2D eigenvalue weighted by atomic mass is 35.5. The first-order chi connectivity index (χ1) is 19.0. The Morgan fingerprint density at radius 3 is 2.41 bits per heavy atom. The average Bonchev–Trinajstić information content (AvgIpc) is 3.44. The Balaban J connectivity index is 1.40. The lowest BCUT2D eigenvalue weighted by Crippen LogP contribution is -2.47. The molecule has 2 heterocycles. The van der Waals surface area contributed by atoms with Gasteiger partial charge in [-0.3, -0.25) is 9.59 Å². The molecule has 0 radical (unpaired) electrons. The largest absolute Gasteiger partial charge is 0.330 e. The maximum atomic E-state index is 13.9. The van der Waals surface area contributed by atoms with Gasteiger partial charge in [-0.15, -0.1) is 11.3 Å². The number of rotatable bonds is 8. The molecule has 200 valence electrons. The Morgan fingerprint density at radius 2 is 1.69 bits per heavy atom. The topological polar surface area (TPSA) is 40.6 Å². The lowest BCUT2D eigenvalue weighted by molar-refractivity contribution is -0.134. The molecule has 4 nitrogen and oxygen atoms in total. The predicted molar refractivity (Wildman–Crippen MR) is 161 cm³/mol. The van der Waals surface area contributed by atoms with Crippen LogP contribution in [-0.4, -0.2) is 41.2 Å². The Labute approximate surface area is 243 Å². The highest BCUT2D eigenvalue weighted by Crippen LogP contribution is 2.41. The third-order valence-electron chi connectivity index (χ3n) is 7.18. The number of amides is 2. The zero-order valence-electron chi connectivity index (χ0n) is 21.8. The first kappa shape index (κ1) is 27.4. The molecule has 39 heavy (non-hydrogen) atoms. The highest BCUT2D eigenvalue weighted by molar-refractivity contribution is 7.10. The van der Waals surface area contributed by atoms with E-state index in [1.807, 2.05) is 71.6 Å². The second-order valence-corrected chi connectivity index (χ2v) is 11.6. The van der Waals surface area contributed by atoms with Crippen LogP contribution >= 0.6 is 34.5 Å². The SMILES string of the molecule is CCCCN(CC(=O)N1CCc2sccc2[C@H]1c1ccc(Cl)cc1Cl)C(=O)c1ccc(-c2ccccc2)cc1. The van der Waals surface area contributed by atoms with Crippen LogP contribution in [0.25, 0.3) is 11.1 Å². The van der Waals surface area contributed by atoms with Crippen molar-refractivity contribution in [3.63, 3.8) is 0 Å². The molecule has 0 N–H and O–H groups in total. The molecule has 1 atom stereocenters. The minimum Gasteiger partial charge on any atom is -0.330 e. The average molecular weight is 578 g/mol. The number of hydrogen-bond donors (Lipinski definition) is 0. The van der Waals surface area contributed by atoms with Gasteiger partial charge in [0.2, 0.25) is 5.91 Å². The molecular weight excluding hydrogens is 547 g/mol. The number of carbonyl (C=O) groups excluding carboxylic acids is 2. The zero-order valence-corrected chi connectivity index (χ0v) is 24.1. The van der Waals surface area contributed by atoms with E-state index in [0.717, 1.165) is 41.5 Å². The first-order valence-electron chi connectivity index (χ1n) is 13.2. The van der Waals surface area contributed by atoms with Crippen molar-refractivity contribution in [3.05, 3.63) is 116 Å². The molecule has 0 saturated carbocycles. The minimum absolute atomic E-state index is 0.0143. The Bertz CT molecular complexity index is 1450. The maximum Gasteiger partial charge on any atom is 0.254 e. The van der Waals surface area contributed by atoms with E-state index in [1.54, 1.807) is 22.3 Å². The van der Waals surface area contributed by atoms with Crippen LogP contribution in [0.2, 0.25) is 10.0 Å². The smallest absolute Gasteiger partial charge is 0.254 e. The summed E-state index contributed by atoms with van der Waals surface area (Å²) in [4.78, 5) is 32.4. The number of benzene rings is 3. The van der Waals surface area contributed by atoms with Gasteiger partial charge < -0.3 is 9.80 Å². The fourth-order valence-corrected chi connectivity index (χ4v) is 6.53. The van der Waals surface area contributed by atoms with Crippen LogP contribution < -0.4 is 0 Å². The molecule has 1 aromatic heterocycles. The minimum atomic E-state index is -0.314. The van der Waals surface area contributed by atoms with Crippen molar-refractivity contribution in [2.45, 2.75) is 32.2 Å². The quantitative estimate of drug-likeness (QED) is 0.212. The summed E-state index contributed by atoms with van der Waals surface area (Å²) in [7, 11) is 0. The van der Waals surface area contributed by atoms with E-state index in [4.69, 9.17) is 23.2 Å². The van der Waals surface area contributed by atoms with Crippen LogP contribution in [0.5, 0.6) is 0 Å². The van der Waals surface area contributed by atoms with Crippen molar-refractivity contribution in [3.8, 4) is 11.1 Å². The van der Waals surface area contributed by atoms with Crippen molar-refractivity contribution in [2.24, 2.45) is 0 Å². The molecule has 0 fully saturated rings. The van der Waals surface area contributed by atoms with Gasteiger partial charge in [0, 0.05) is 33.6 Å². The van der Waals surface area contributed by atoms with Crippen LogP contribution in [-0.2, 0) is 11.2 Å². The van der Waals surface area contributed by atoms with Gasteiger partial charge in [0.25, 0.3) is 5.91 Å². The summed E-state index contributed by atoms with van der Waals surface area (Å²) in [6, 6.07) is 24.9. The molecule has 4 aromatic rings. The van der Waals surface area contributed by atoms with Gasteiger partial charge in [-0.05, 0) is 70.8 Å². The van der Waals surface area contributed by atoms with Crippen LogP contribution in [0.3, 0.4) is 0 Å². The normalized spacial score (nSPS) is 14.6. The van der Waals surface area contributed by atoms with Crippen molar-refractivity contribution in [1.82, 2.24) is 9.80 Å². The molecule has 0 unspecified atom stereocenters. The third kappa shape index (κ3) is 6.06. The second-order valence-electron chi connectivity index (χ2n) is 9.73. The molecule has 3 aromatic carbocycles. The van der Waals surface area contributed by atoms with E-state index in [-0.39, 0.29) is 24.4 Å². The van der Waals surface area contributed by atoms with Crippen LogP contribution in [0, 0.1) is 0 Å². The fourth-order valence-electron chi connectivity index (χ4n) is 5.12. The molecule has 5 rings (SSSR count). The van der Waals surface area contributed by atoms with E-state index in [9.17, 15) is 9.59 Å². The molecule has 1 aliphatic rings. The monoisotopic (exact) mass is 576 g/mol. The predicted octanol–water partition coefficient (Wildman–Crippen LogP) is 8.14. The number of unbranched alkanes of at least 4 members (excludes halogenated alkanes) is 1. The van der Waals surface area contributed by atoms with Crippen LogP contribution in [0.1, 0.15) is 52.2 Å². The molecule has 1 aliphatic heterocycles. The standard InChI is InChI=1S/C32H30Cl2N2O2S/c1-2-3-17-35(32(38)24-11-9-23(10-12-24)22-7-5-4-6-8-22)21-30(37)36-18-15-29-27(16-19-39-29)31(36)26-14-13-25(33)20-28(26)34/h4-14,16,19-20,31H,2-3,15,17-18,21H2,1H3/t31-/m1/s1. The molecule has 2 amide bonds. The van der Waals surface area contributed by atoms with Gasteiger partial charge in [0.1, 0.15) is 6.54 Å². The Kier molecular flexibility index (Phi) is 8.71. The molecule has 0 spiro atoms. The Hall–Kier alpha value is -3.12. The van der Waals surface area contributed by atoms with Gasteiger partial charge in [0.15, 0.2) is 0 Å². The number of hydrogen-bond acceptors (Lipinski definition) is 3. The summed E-state index contributed by atoms with van der Waals surface area (Å²) in [6.07, 6.45) is 2.53. The third-order valence-corrected chi connectivity index (χ3v) is 8.74. The van der Waals surface area contributed by atoms with Crippen molar-refractivity contribution in [1.29, 1.82) is 0 Å². The maximum absolute atomic E-state index is 13.9. The van der Waals surface area contributed by atoms with E-state index >= 15 is 0 Å². The highest BCUT2D eigenvalue weighted by Gasteiger charge is 2.35. The lowest BCUT2D eigenvalue weighted by Gasteiger charge is -2.38. The summed E-state index contributed by atoms with van der Waals surface area (Å²) in [5.41, 5.74) is 4.66. The summed E-state index contributed by atoms with van der Waals surface area (Å²) < 4.78 is 0. The van der Waals surface area contributed by atoms with Crippen LogP contribution in [0.15, 0.2) is 84.2 Å². The summed E-state index contributed by atoms with van der Waals surface area (Å²) in [5, 5.41) is 3.14. The molecule has 7 heteroatoms. The van der Waals surface area contributed by atoms with Crippen molar-refractivity contribution >= 4 is 46.4 Å². The molecule has 0 saturated heterocycles. The molecule has 0 bridgehead atoms. The fraction of sp³-hybridized carbons (Fsp3) is 0.250. The lowest BCUT2D eigenvalue weighted by atomic mass is 9.93. The van der Waals surface area contributed by atoms with E-state index in [2.05, 4.69) is 18.4 Å². The van der Waals surface area contributed by atoms with E-state index in [1.165, 1.54) is 4.88 Å². The van der Waals surface area contributed by atoms with Gasteiger partial charge in [0.05, 0.1) is 6.04 Å². The van der Waals surface area contributed by atoms with Gasteiger partial charge in [-0.2, -0.15) is 0 Å². The summed E-state index contributed by atoms with van der Waals surface area (Å²) in [5.74, 6) is -0.223. The van der Waals surface area contributed by atoms with Gasteiger partial charge >= 0.3 is 0 Å². The van der Waals surface area contributed by atoms with Crippen LogP contribution in [0.4, 0.5) is 0 Å². The summed E-state index contributed by atoms with van der Waals surface area (Å²) >= 11 is 14.5. The number of halogens is 2.